The minimum Gasteiger partial charge on any atom is -0.497 e. The second-order valence-electron chi connectivity index (χ2n) is 4.82. The van der Waals surface area contributed by atoms with Crippen molar-refractivity contribution in [1.82, 2.24) is 0 Å². The van der Waals surface area contributed by atoms with Crippen LogP contribution in [-0.2, 0) is 14.3 Å². The number of esters is 1. The van der Waals surface area contributed by atoms with Gasteiger partial charge < -0.3 is 9.47 Å². The number of carbonyl (C=O) groups excluding carboxylic acids is 1. The zero-order valence-electron chi connectivity index (χ0n) is 10.4. The van der Waals surface area contributed by atoms with Gasteiger partial charge in [0.2, 0.25) is 0 Å². The Morgan fingerprint density at radius 2 is 2.00 bits per heavy atom. The molecule has 1 aromatic carbocycles. The average Bonchev–Trinajstić information content (AvgIpc) is 2.44. The molecule has 3 rings (SSSR count). The highest BCUT2D eigenvalue weighted by Crippen LogP contribution is 2.40. The molecule has 0 radical (unpaired) electrons. The molecular formula is C15H16O3. The van der Waals surface area contributed by atoms with E-state index in [1.165, 1.54) is 0 Å². The highest BCUT2D eigenvalue weighted by molar-refractivity contribution is 5.90. The topological polar surface area (TPSA) is 35.5 Å². The first-order valence-corrected chi connectivity index (χ1v) is 6.39. The first-order chi connectivity index (χ1) is 8.77. The third-order valence-corrected chi connectivity index (χ3v) is 3.60. The van der Waals surface area contributed by atoms with E-state index in [0.29, 0.717) is 6.61 Å². The van der Waals surface area contributed by atoms with E-state index < -0.39 is 0 Å². The lowest BCUT2D eigenvalue weighted by Gasteiger charge is -2.34. The van der Waals surface area contributed by atoms with Gasteiger partial charge in [-0.2, -0.15) is 0 Å². The molecule has 2 aliphatic heterocycles. The van der Waals surface area contributed by atoms with E-state index in [2.05, 4.69) is 6.92 Å². The summed E-state index contributed by atoms with van der Waals surface area (Å²) in [6.45, 7) is 2.77. The van der Waals surface area contributed by atoms with Gasteiger partial charge >= 0.3 is 5.97 Å². The molecule has 0 saturated heterocycles. The van der Waals surface area contributed by atoms with Crippen LogP contribution in [0.4, 0.5) is 0 Å². The fourth-order valence-corrected chi connectivity index (χ4v) is 2.68. The van der Waals surface area contributed by atoms with Gasteiger partial charge in [-0.3, -0.25) is 0 Å². The van der Waals surface area contributed by atoms with Crippen molar-refractivity contribution in [2.75, 3.05) is 6.61 Å². The molecule has 0 amide bonds. The molecule has 0 spiro atoms. The molecule has 2 atom stereocenters. The van der Waals surface area contributed by atoms with Crippen molar-refractivity contribution in [1.29, 1.82) is 0 Å². The van der Waals surface area contributed by atoms with Crippen molar-refractivity contribution >= 4 is 5.97 Å². The molecule has 0 N–H and O–H groups in total. The van der Waals surface area contributed by atoms with Crippen molar-refractivity contribution in [3.05, 3.63) is 47.2 Å². The fraction of sp³-hybridized carbons (Fsp3) is 0.400. The maximum absolute atomic E-state index is 12.0. The Balaban J connectivity index is 1.97. The molecule has 3 nitrogen and oxygen atoms in total. The molecule has 0 unspecified atom stereocenters. The summed E-state index contributed by atoms with van der Waals surface area (Å²) in [6, 6.07) is 9.86. The van der Waals surface area contributed by atoms with Gasteiger partial charge in [0.25, 0.3) is 0 Å². The number of ether oxygens (including phenoxy) is 2. The second kappa shape index (κ2) is 4.48. The number of rotatable bonds is 1. The summed E-state index contributed by atoms with van der Waals surface area (Å²) in [7, 11) is 0. The van der Waals surface area contributed by atoms with Gasteiger partial charge in [-0.1, -0.05) is 37.3 Å². The van der Waals surface area contributed by atoms with Crippen LogP contribution < -0.4 is 0 Å². The molecule has 0 saturated carbocycles. The minimum atomic E-state index is -0.226. The maximum atomic E-state index is 12.0. The van der Waals surface area contributed by atoms with Crippen molar-refractivity contribution < 1.29 is 14.3 Å². The van der Waals surface area contributed by atoms with Crippen LogP contribution in [0.2, 0.25) is 0 Å². The number of carbonyl (C=O) groups is 1. The highest BCUT2D eigenvalue weighted by Gasteiger charge is 2.38. The molecule has 0 aliphatic carbocycles. The SMILES string of the molecule is C[C@@H]1C2=C(CCCO2)C(=O)O[C@@H]1c1ccccc1. The molecule has 0 bridgehead atoms. The molecule has 1 aromatic rings. The van der Waals surface area contributed by atoms with E-state index in [1.807, 2.05) is 30.3 Å². The molecule has 3 heteroatoms. The molecule has 18 heavy (non-hydrogen) atoms. The Morgan fingerprint density at radius 1 is 1.22 bits per heavy atom. The third-order valence-electron chi connectivity index (χ3n) is 3.60. The Bertz CT molecular complexity index is 490. The maximum Gasteiger partial charge on any atom is 0.338 e. The lowest BCUT2D eigenvalue weighted by atomic mass is 9.88. The summed E-state index contributed by atoms with van der Waals surface area (Å²) in [5, 5.41) is 0. The largest absolute Gasteiger partial charge is 0.497 e. The third kappa shape index (κ3) is 1.80. The van der Waals surface area contributed by atoms with Crippen LogP contribution >= 0.6 is 0 Å². The van der Waals surface area contributed by atoms with Gasteiger partial charge in [0, 0.05) is 0 Å². The Labute approximate surface area is 106 Å². The first kappa shape index (κ1) is 11.3. The smallest absolute Gasteiger partial charge is 0.338 e. The Morgan fingerprint density at radius 3 is 2.78 bits per heavy atom. The highest BCUT2D eigenvalue weighted by atomic mass is 16.6. The predicted molar refractivity (Wildman–Crippen MR) is 66.7 cm³/mol. The van der Waals surface area contributed by atoms with Crippen LogP contribution in [-0.4, -0.2) is 12.6 Å². The molecular weight excluding hydrogens is 228 g/mol. The van der Waals surface area contributed by atoms with E-state index in [4.69, 9.17) is 9.47 Å². The summed E-state index contributed by atoms with van der Waals surface area (Å²) in [5.41, 5.74) is 1.76. The normalized spacial score (nSPS) is 27.3. The molecule has 2 aliphatic rings. The summed E-state index contributed by atoms with van der Waals surface area (Å²) in [5.74, 6) is 0.725. The van der Waals surface area contributed by atoms with Crippen molar-refractivity contribution in [2.24, 2.45) is 5.92 Å². The summed E-state index contributed by atoms with van der Waals surface area (Å²) < 4.78 is 11.3. The van der Waals surface area contributed by atoms with Crippen molar-refractivity contribution in [3.63, 3.8) is 0 Å². The molecule has 94 valence electrons. The average molecular weight is 244 g/mol. The van der Waals surface area contributed by atoms with Crippen molar-refractivity contribution in [3.8, 4) is 0 Å². The Hall–Kier alpha value is -1.77. The van der Waals surface area contributed by atoms with Crippen LogP contribution in [0, 0.1) is 5.92 Å². The van der Waals surface area contributed by atoms with Gasteiger partial charge in [-0.25, -0.2) is 4.79 Å². The van der Waals surface area contributed by atoms with Gasteiger partial charge in [-0.05, 0) is 18.4 Å². The molecule has 2 heterocycles. The van der Waals surface area contributed by atoms with E-state index in [0.717, 1.165) is 29.7 Å². The van der Waals surface area contributed by atoms with E-state index in [9.17, 15) is 4.79 Å². The standard InChI is InChI=1S/C15H16O3/c1-10-13(11-6-3-2-4-7-11)18-15(16)12-8-5-9-17-14(10)12/h2-4,6-7,10,13H,5,8-9H2,1H3/t10-,13-/m0/s1. The molecule has 0 fully saturated rings. The van der Waals surface area contributed by atoms with Gasteiger partial charge in [-0.15, -0.1) is 0 Å². The number of benzene rings is 1. The predicted octanol–water partition coefficient (Wildman–Crippen LogP) is 2.99. The van der Waals surface area contributed by atoms with Crippen LogP contribution in [0.15, 0.2) is 41.7 Å². The van der Waals surface area contributed by atoms with Crippen molar-refractivity contribution in [2.45, 2.75) is 25.9 Å². The van der Waals surface area contributed by atoms with Crippen LogP contribution in [0.25, 0.3) is 0 Å². The number of cyclic esters (lactones) is 1. The van der Waals surface area contributed by atoms with Gasteiger partial charge in [0.15, 0.2) is 0 Å². The minimum absolute atomic E-state index is 0.0976. The summed E-state index contributed by atoms with van der Waals surface area (Å²) in [4.78, 5) is 12.0. The van der Waals surface area contributed by atoms with E-state index in [1.54, 1.807) is 0 Å². The zero-order chi connectivity index (χ0) is 12.5. The van der Waals surface area contributed by atoms with Gasteiger partial charge in [0.05, 0.1) is 18.1 Å². The lowest BCUT2D eigenvalue weighted by Crippen LogP contribution is -2.31. The summed E-state index contributed by atoms with van der Waals surface area (Å²) in [6.07, 6.45) is 1.45. The second-order valence-corrected chi connectivity index (χ2v) is 4.82. The first-order valence-electron chi connectivity index (χ1n) is 6.39. The van der Waals surface area contributed by atoms with E-state index >= 15 is 0 Å². The van der Waals surface area contributed by atoms with Crippen LogP contribution in [0.5, 0.6) is 0 Å². The van der Waals surface area contributed by atoms with Gasteiger partial charge in [0.1, 0.15) is 11.9 Å². The fourth-order valence-electron chi connectivity index (χ4n) is 2.68. The number of hydrogen-bond donors (Lipinski definition) is 0. The quantitative estimate of drug-likeness (QED) is 0.712. The number of hydrogen-bond acceptors (Lipinski definition) is 3. The molecule has 0 aromatic heterocycles. The lowest BCUT2D eigenvalue weighted by molar-refractivity contribution is -0.151. The van der Waals surface area contributed by atoms with E-state index in [-0.39, 0.29) is 18.0 Å². The zero-order valence-corrected chi connectivity index (χ0v) is 10.4. The van der Waals surface area contributed by atoms with Crippen LogP contribution in [0.1, 0.15) is 31.4 Å². The Kier molecular flexibility index (Phi) is 2.82. The summed E-state index contributed by atoms with van der Waals surface area (Å²) >= 11 is 0. The van der Waals surface area contributed by atoms with Crippen LogP contribution in [0.3, 0.4) is 0 Å². The monoisotopic (exact) mass is 244 g/mol.